The highest BCUT2D eigenvalue weighted by Gasteiger charge is 2.22. The molecule has 0 saturated heterocycles. The van der Waals surface area contributed by atoms with Gasteiger partial charge in [-0.05, 0) is 36.8 Å². The third-order valence-electron chi connectivity index (χ3n) is 6.69. The van der Waals surface area contributed by atoms with Crippen LogP contribution in [0.15, 0.2) is 84.2 Å². The van der Waals surface area contributed by atoms with Crippen molar-refractivity contribution >= 4 is 28.2 Å². The molecule has 4 heterocycles. The van der Waals surface area contributed by atoms with Crippen LogP contribution in [0.5, 0.6) is 0 Å². The first-order chi connectivity index (χ1) is 19.0. The van der Waals surface area contributed by atoms with E-state index >= 15 is 0 Å². The maximum absolute atomic E-state index is 14.1. The number of aromatic nitrogens is 7. The maximum atomic E-state index is 14.1. The second-order valence-electron chi connectivity index (χ2n) is 9.20. The fourth-order valence-corrected chi connectivity index (χ4v) is 4.73. The second kappa shape index (κ2) is 9.95. The van der Waals surface area contributed by atoms with Crippen molar-refractivity contribution in [3.63, 3.8) is 0 Å². The molecule has 4 aromatic heterocycles. The van der Waals surface area contributed by atoms with E-state index in [-0.39, 0.29) is 23.8 Å². The number of hydrogen-bond acceptors (Lipinski definition) is 8. The summed E-state index contributed by atoms with van der Waals surface area (Å²) in [5.74, 6) is 0.771. The molecule has 0 aliphatic rings. The van der Waals surface area contributed by atoms with Crippen LogP contribution in [0.3, 0.4) is 0 Å². The van der Waals surface area contributed by atoms with E-state index in [1.165, 1.54) is 6.20 Å². The van der Waals surface area contributed by atoms with Crippen LogP contribution in [-0.4, -0.2) is 40.1 Å². The molecule has 2 aromatic carbocycles. The van der Waals surface area contributed by atoms with Crippen molar-refractivity contribution in [1.82, 2.24) is 39.7 Å². The molecular weight excluding hydrogens is 494 g/mol. The number of nitrogen functional groups attached to an aromatic ring is 1. The summed E-state index contributed by atoms with van der Waals surface area (Å²) in [7, 11) is 0. The van der Waals surface area contributed by atoms with Crippen molar-refractivity contribution in [3.8, 4) is 5.69 Å². The Balaban J connectivity index is 1.43. The minimum atomic E-state index is -0.350. The van der Waals surface area contributed by atoms with Crippen LogP contribution in [0, 0.1) is 0 Å². The molecule has 0 aliphatic heterocycles. The summed E-state index contributed by atoms with van der Waals surface area (Å²) in [6.45, 7) is 2.31. The number of benzene rings is 2. The smallest absolute Gasteiger partial charge is 0.266 e. The van der Waals surface area contributed by atoms with Crippen molar-refractivity contribution in [2.24, 2.45) is 0 Å². The van der Waals surface area contributed by atoms with Crippen LogP contribution in [-0.2, 0) is 13.0 Å². The molecule has 0 spiro atoms. The van der Waals surface area contributed by atoms with Crippen LogP contribution in [0.2, 0.25) is 0 Å². The zero-order valence-electron chi connectivity index (χ0n) is 21.1. The number of hydrogen-bond donors (Lipinski definition) is 3. The molecule has 11 nitrogen and oxygen atoms in total. The van der Waals surface area contributed by atoms with Gasteiger partial charge >= 0.3 is 0 Å². The summed E-state index contributed by atoms with van der Waals surface area (Å²) < 4.78 is 3.24. The summed E-state index contributed by atoms with van der Waals surface area (Å²) >= 11 is 0. The molecular formula is C28H25N9O2. The number of nitrogens with two attached hydrogens (primary N) is 1. The quantitative estimate of drug-likeness (QED) is 0.260. The zero-order chi connectivity index (χ0) is 26.9. The van der Waals surface area contributed by atoms with E-state index < -0.39 is 0 Å². The third kappa shape index (κ3) is 4.44. The molecule has 0 saturated carbocycles. The Morgan fingerprint density at radius 3 is 2.77 bits per heavy atom. The number of anilines is 1. The molecule has 0 amide bonds. The predicted octanol–water partition coefficient (Wildman–Crippen LogP) is 3.01. The van der Waals surface area contributed by atoms with E-state index in [2.05, 4.69) is 25.6 Å². The van der Waals surface area contributed by atoms with Crippen LogP contribution in [0.4, 0.5) is 5.82 Å². The number of ketones is 1. The van der Waals surface area contributed by atoms with Crippen LogP contribution >= 0.6 is 0 Å². The molecule has 0 bridgehead atoms. The molecule has 4 N–H and O–H groups in total. The Morgan fingerprint density at radius 2 is 1.97 bits per heavy atom. The van der Waals surface area contributed by atoms with Crippen molar-refractivity contribution in [3.05, 3.63) is 112 Å². The number of para-hydroxylation sites is 1. The lowest BCUT2D eigenvalue weighted by molar-refractivity contribution is 0.0993. The minimum Gasteiger partial charge on any atom is -0.382 e. The largest absolute Gasteiger partial charge is 0.382 e. The summed E-state index contributed by atoms with van der Waals surface area (Å²) in [6, 6.07) is 16.2. The lowest BCUT2D eigenvalue weighted by Crippen LogP contribution is -2.30. The van der Waals surface area contributed by atoms with E-state index in [4.69, 9.17) is 10.7 Å². The van der Waals surface area contributed by atoms with Gasteiger partial charge < -0.3 is 11.1 Å². The average Bonchev–Trinajstić information content (AvgIpc) is 3.60. The van der Waals surface area contributed by atoms with Crippen LogP contribution < -0.4 is 16.6 Å². The van der Waals surface area contributed by atoms with Gasteiger partial charge in [0.2, 0.25) is 0 Å². The SMILES string of the molecule is CC(NCc1c(N)nn2cccnc12)c1nc2cccc(CC(=O)c3cn[nH]c3)c2c(=O)n1-c1ccccc1. The molecule has 11 heteroatoms. The summed E-state index contributed by atoms with van der Waals surface area (Å²) in [4.78, 5) is 36.3. The average molecular weight is 520 g/mol. The van der Waals surface area contributed by atoms with Crippen LogP contribution in [0.25, 0.3) is 22.2 Å². The molecule has 0 aliphatic carbocycles. The van der Waals surface area contributed by atoms with E-state index in [1.54, 1.807) is 45.9 Å². The fraction of sp³-hybridized carbons (Fsp3) is 0.143. The van der Waals surface area contributed by atoms with E-state index in [0.29, 0.717) is 51.6 Å². The highest BCUT2D eigenvalue weighted by Crippen LogP contribution is 2.23. The molecule has 39 heavy (non-hydrogen) atoms. The standard InChI is InChI=1S/C28H25N9O2/c1-17(31-16-21-25(29)35-36-12-6-11-30-27(21)36)26-34-22-10-5-7-18(13-23(38)19-14-32-33-15-19)24(22)28(39)37(26)20-8-3-2-4-9-20/h2-12,14-15,17,31H,13,16H2,1H3,(H2,29,35)(H,32,33). The normalized spacial score (nSPS) is 12.2. The van der Waals surface area contributed by atoms with Gasteiger partial charge in [-0.2, -0.15) is 5.10 Å². The number of carbonyl (C=O) groups excluding carboxylic acids is 1. The van der Waals surface area contributed by atoms with E-state index in [0.717, 1.165) is 5.56 Å². The van der Waals surface area contributed by atoms with Gasteiger partial charge in [0.25, 0.3) is 5.56 Å². The first-order valence-electron chi connectivity index (χ1n) is 12.4. The maximum Gasteiger partial charge on any atom is 0.266 e. The second-order valence-corrected chi connectivity index (χ2v) is 9.20. The van der Waals surface area contributed by atoms with Crippen molar-refractivity contribution in [2.45, 2.75) is 25.9 Å². The highest BCUT2D eigenvalue weighted by atomic mass is 16.1. The molecule has 6 aromatic rings. The van der Waals surface area contributed by atoms with Gasteiger partial charge in [0, 0.05) is 31.6 Å². The molecule has 1 atom stereocenters. The first-order valence-corrected chi connectivity index (χ1v) is 12.4. The lowest BCUT2D eigenvalue weighted by atomic mass is 10.0. The van der Waals surface area contributed by atoms with Gasteiger partial charge in [-0.1, -0.05) is 30.3 Å². The van der Waals surface area contributed by atoms with Gasteiger partial charge in [-0.25, -0.2) is 14.5 Å². The number of nitrogens with one attached hydrogen (secondary N) is 2. The zero-order valence-corrected chi connectivity index (χ0v) is 21.1. The van der Waals surface area contributed by atoms with Gasteiger partial charge in [-0.15, -0.1) is 5.10 Å². The highest BCUT2D eigenvalue weighted by molar-refractivity contribution is 5.99. The molecule has 6 rings (SSSR count). The minimum absolute atomic E-state index is 0.0523. The lowest BCUT2D eigenvalue weighted by Gasteiger charge is -2.20. The monoisotopic (exact) mass is 519 g/mol. The van der Waals surface area contributed by atoms with E-state index in [1.807, 2.05) is 43.3 Å². The summed E-state index contributed by atoms with van der Waals surface area (Å²) in [5.41, 5.74) is 9.61. The van der Waals surface area contributed by atoms with Gasteiger partial charge in [-0.3, -0.25) is 19.3 Å². The molecule has 1 unspecified atom stereocenters. The number of Topliss-reactive ketones (excluding diaryl/α,β-unsaturated/α-hetero) is 1. The van der Waals surface area contributed by atoms with Crippen molar-refractivity contribution < 1.29 is 4.79 Å². The Kier molecular flexibility index (Phi) is 6.17. The topological polar surface area (TPSA) is 149 Å². The van der Waals surface area contributed by atoms with Crippen molar-refractivity contribution in [2.75, 3.05) is 5.73 Å². The number of H-pyrrole nitrogens is 1. The molecule has 194 valence electrons. The number of carbonyl (C=O) groups is 1. The number of fused-ring (bicyclic) bond motifs is 2. The van der Waals surface area contributed by atoms with E-state index in [9.17, 15) is 9.59 Å². The molecule has 0 radical (unpaired) electrons. The summed E-state index contributed by atoms with van der Waals surface area (Å²) in [5, 5.41) is 14.7. The van der Waals surface area contributed by atoms with Crippen molar-refractivity contribution in [1.29, 1.82) is 0 Å². The Morgan fingerprint density at radius 1 is 1.13 bits per heavy atom. The third-order valence-corrected chi connectivity index (χ3v) is 6.69. The Labute approximate surface area is 222 Å². The van der Waals surface area contributed by atoms with Gasteiger partial charge in [0.05, 0.1) is 40.0 Å². The number of aromatic amines is 1. The number of nitrogens with zero attached hydrogens (tertiary/aromatic N) is 6. The van der Waals surface area contributed by atoms with Gasteiger partial charge in [0.1, 0.15) is 5.82 Å². The Hall–Kier alpha value is -5.16. The Bertz CT molecular complexity index is 1860. The molecule has 0 fully saturated rings. The van der Waals surface area contributed by atoms with Gasteiger partial charge in [0.15, 0.2) is 17.2 Å². The summed E-state index contributed by atoms with van der Waals surface area (Å²) in [6.07, 6.45) is 6.56. The number of rotatable bonds is 8. The predicted molar refractivity (Wildman–Crippen MR) is 147 cm³/mol. The van der Waals surface area contributed by atoms with Crippen LogP contribution in [0.1, 0.15) is 40.3 Å². The fourth-order valence-electron chi connectivity index (χ4n) is 4.73. The first kappa shape index (κ1) is 24.2.